The van der Waals surface area contributed by atoms with Crippen LogP contribution in [0.3, 0.4) is 0 Å². The fourth-order valence-electron chi connectivity index (χ4n) is 3.66. The lowest BCUT2D eigenvalue weighted by molar-refractivity contribution is -0.0858. The molecule has 0 aromatic rings. The Morgan fingerprint density at radius 3 is 2.56 bits per heavy atom. The van der Waals surface area contributed by atoms with Gasteiger partial charge in [-0.2, -0.15) is 0 Å². The van der Waals surface area contributed by atoms with E-state index < -0.39 is 11.2 Å². The summed E-state index contributed by atoms with van der Waals surface area (Å²) in [5.74, 6) is 0.381. The summed E-state index contributed by atoms with van der Waals surface area (Å²) in [4.78, 5) is 0. The largest absolute Gasteiger partial charge is 0.393 e. The van der Waals surface area contributed by atoms with E-state index in [-0.39, 0.29) is 18.4 Å². The molecule has 2 aliphatic rings. The molecule has 1 saturated carbocycles. The first-order valence-electron chi connectivity index (χ1n) is 7.06. The van der Waals surface area contributed by atoms with Crippen LogP contribution in [0.1, 0.15) is 46.5 Å². The molecule has 0 unspecified atom stereocenters. The second kappa shape index (κ2) is 4.62. The Morgan fingerprint density at radius 1 is 1.33 bits per heavy atom. The van der Waals surface area contributed by atoms with E-state index in [9.17, 15) is 15.3 Å². The smallest absolute Gasteiger partial charge is 0.0915 e. The summed E-state index contributed by atoms with van der Waals surface area (Å²) < 4.78 is 0. The van der Waals surface area contributed by atoms with Gasteiger partial charge in [-0.1, -0.05) is 25.5 Å². The van der Waals surface area contributed by atoms with Crippen LogP contribution in [0.4, 0.5) is 0 Å². The predicted octanol–water partition coefficient (Wildman–Crippen LogP) is 1.86. The first-order valence-corrected chi connectivity index (χ1v) is 7.06. The zero-order valence-corrected chi connectivity index (χ0v) is 11.7. The Hall–Kier alpha value is -0.380. The van der Waals surface area contributed by atoms with Crippen LogP contribution in [0.5, 0.6) is 0 Å². The summed E-state index contributed by atoms with van der Waals surface area (Å²) in [5.41, 5.74) is -0.479. The predicted molar refractivity (Wildman–Crippen MR) is 71.0 cm³/mol. The number of aliphatic hydroxyl groups is 3. The van der Waals surface area contributed by atoms with Crippen molar-refractivity contribution in [1.29, 1.82) is 0 Å². The van der Waals surface area contributed by atoms with Crippen molar-refractivity contribution < 1.29 is 15.3 Å². The Kier molecular flexibility index (Phi) is 3.60. The lowest BCUT2D eigenvalue weighted by Gasteiger charge is -2.36. The van der Waals surface area contributed by atoms with Gasteiger partial charge in [-0.25, -0.2) is 0 Å². The van der Waals surface area contributed by atoms with Crippen LogP contribution in [0, 0.1) is 17.8 Å². The van der Waals surface area contributed by atoms with E-state index in [1.165, 1.54) is 5.57 Å². The van der Waals surface area contributed by atoms with Crippen LogP contribution in [0.2, 0.25) is 0 Å². The van der Waals surface area contributed by atoms with E-state index >= 15 is 0 Å². The van der Waals surface area contributed by atoms with E-state index in [4.69, 9.17) is 0 Å². The lowest BCUT2D eigenvalue weighted by atomic mass is 9.77. The molecular formula is C15H26O3. The molecule has 3 heteroatoms. The van der Waals surface area contributed by atoms with Gasteiger partial charge in [0, 0.05) is 5.92 Å². The van der Waals surface area contributed by atoms with Crippen molar-refractivity contribution in [1.82, 2.24) is 0 Å². The third kappa shape index (κ3) is 2.24. The molecule has 3 nitrogen and oxygen atoms in total. The minimum atomic E-state index is -1.03. The van der Waals surface area contributed by atoms with Gasteiger partial charge < -0.3 is 15.3 Å². The quantitative estimate of drug-likeness (QED) is 0.659. The number of hydrogen-bond donors (Lipinski definition) is 3. The van der Waals surface area contributed by atoms with E-state index in [0.29, 0.717) is 18.8 Å². The number of hydrogen-bond acceptors (Lipinski definition) is 3. The zero-order valence-electron chi connectivity index (χ0n) is 11.7. The average Bonchev–Trinajstić information content (AvgIpc) is 2.50. The molecule has 0 heterocycles. The van der Waals surface area contributed by atoms with E-state index in [2.05, 4.69) is 19.9 Å². The zero-order chi connectivity index (χ0) is 13.6. The normalized spacial score (nSPS) is 44.7. The number of fused-ring (bicyclic) bond motifs is 1. The van der Waals surface area contributed by atoms with Crippen molar-refractivity contribution in [3.05, 3.63) is 11.6 Å². The summed E-state index contributed by atoms with van der Waals surface area (Å²) in [5, 5.41) is 30.7. The highest BCUT2D eigenvalue weighted by Crippen LogP contribution is 2.50. The summed E-state index contributed by atoms with van der Waals surface area (Å²) >= 11 is 0. The monoisotopic (exact) mass is 254 g/mol. The maximum absolute atomic E-state index is 10.7. The molecule has 104 valence electrons. The molecule has 0 aromatic carbocycles. The highest BCUT2D eigenvalue weighted by Gasteiger charge is 2.52. The van der Waals surface area contributed by atoms with Crippen LogP contribution >= 0.6 is 0 Å². The van der Waals surface area contributed by atoms with E-state index in [0.717, 1.165) is 12.8 Å². The highest BCUT2D eigenvalue weighted by atomic mass is 16.3. The van der Waals surface area contributed by atoms with Gasteiger partial charge in [0.1, 0.15) is 0 Å². The second-order valence-electron chi connectivity index (χ2n) is 6.69. The topological polar surface area (TPSA) is 60.7 Å². The minimum absolute atomic E-state index is 0.0197. The molecule has 0 aromatic heterocycles. The molecule has 0 radical (unpaired) electrons. The van der Waals surface area contributed by atoms with Crippen molar-refractivity contribution in [2.45, 2.75) is 57.7 Å². The van der Waals surface area contributed by atoms with Crippen LogP contribution < -0.4 is 0 Å². The number of aliphatic hydroxyl groups excluding tert-OH is 1. The molecule has 2 rings (SSSR count). The van der Waals surface area contributed by atoms with Crippen molar-refractivity contribution >= 4 is 0 Å². The summed E-state index contributed by atoms with van der Waals surface area (Å²) in [6.45, 7) is 5.94. The number of allylic oxidation sites excluding steroid dienone is 1. The maximum atomic E-state index is 10.7. The summed E-state index contributed by atoms with van der Waals surface area (Å²) in [6, 6.07) is 0. The van der Waals surface area contributed by atoms with Crippen molar-refractivity contribution in [3.63, 3.8) is 0 Å². The van der Waals surface area contributed by atoms with Crippen LogP contribution in [0.15, 0.2) is 11.6 Å². The van der Waals surface area contributed by atoms with Gasteiger partial charge in [0.25, 0.3) is 0 Å². The van der Waals surface area contributed by atoms with Gasteiger partial charge in [0.15, 0.2) is 0 Å². The highest BCUT2D eigenvalue weighted by molar-refractivity contribution is 5.19. The SMILES string of the molecule is CC(C)C1=C[C@@H]2[C@H](CC[C@@]2(C)O)[C@@](O)(CO)CC1. The van der Waals surface area contributed by atoms with Crippen LogP contribution in [0.25, 0.3) is 0 Å². The van der Waals surface area contributed by atoms with Crippen molar-refractivity contribution in [2.75, 3.05) is 6.61 Å². The molecule has 0 saturated heterocycles. The Balaban J connectivity index is 2.38. The Morgan fingerprint density at radius 2 is 2.00 bits per heavy atom. The third-order valence-corrected chi connectivity index (χ3v) is 5.06. The van der Waals surface area contributed by atoms with Gasteiger partial charge in [0.05, 0.1) is 17.8 Å². The lowest BCUT2D eigenvalue weighted by Crippen LogP contribution is -2.45. The van der Waals surface area contributed by atoms with Gasteiger partial charge in [-0.15, -0.1) is 0 Å². The maximum Gasteiger partial charge on any atom is 0.0915 e. The average molecular weight is 254 g/mol. The molecule has 4 atom stereocenters. The van der Waals surface area contributed by atoms with E-state index in [1.807, 2.05) is 6.92 Å². The third-order valence-electron chi connectivity index (χ3n) is 5.06. The molecule has 0 bridgehead atoms. The number of rotatable bonds is 2. The molecular weight excluding hydrogens is 228 g/mol. The molecule has 0 spiro atoms. The van der Waals surface area contributed by atoms with Crippen LogP contribution in [-0.4, -0.2) is 33.1 Å². The van der Waals surface area contributed by atoms with Crippen molar-refractivity contribution in [2.24, 2.45) is 17.8 Å². The summed E-state index contributed by atoms with van der Waals surface area (Å²) in [7, 11) is 0. The van der Waals surface area contributed by atoms with E-state index in [1.54, 1.807) is 0 Å². The molecule has 0 amide bonds. The van der Waals surface area contributed by atoms with Gasteiger partial charge in [-0.3, -0.25) is 0 Å². The van der Waals surface area contributed by atoms with Gasteiger partial charge in [-0.05, 0) is 44.4 Å². The first kappa shape index (κ1) is 14.0. The van der Waals surface area contributed by atoms with Crippen LogP contribution in [-0.2, 0) is 0 Å². The molecule has 2 aliphatic carbocycles. The fourth-order valence-corrected chi connectivity index (χ4v) is 3.66. The molecule has 3 N–H and O–H groups in total. The minimum Gasteiger partial charge on any atom is -0.393 e. The second-order valence-corrected chi connectivity index (χ2v) is 6.69. The molecule has 1 fully saturated rings. The van der Waals surface area contributed by atoms with Gasteiger partial charge >= 0.3 is 0 Å². The fraction of sp³-hybridized carbons (Fsp3) is 0.867. The first-order chi connectivity index (χ1) is 8.30. The molecule has 0 aliphatic heterocycles. The summed E-state index contributed by atoms with van der Waals surface area (Å²) in [6.07, 6.45) is 5.08. The molecule has 18 heavy (non-hydrogen) atoms. The van der Waals surface area contributed by atoms with Gasteiger partial charge in [0.2, 0.25) is 0 Å². The van der Waals surface area contributed by atoms with Crippen molar-refractivity contribution in [3.8, 4) is 0 Å². The Bertz CT molecular complexity index is 346. The standard InChI is InChI=1S/C15H26O3/c1-10(2)11-4-7-15(18,9-16)12-5-6-14(3,17)13(12)8-11/h8,10,12-13,16-18H,4-7,9H2,1-3H3/t12-,13+,14+,15-/m0/s1. The Labute approximate surface area is 110 Å².